The number of hydrogen-bond donors (Lipinski definition) is 2. The molecule has 3 heterocycles. The van der Waals surface area contributed by atoms with E-state index in [2.05, 4.69) is 12.2 Å². The third kappa shape index (κ3) is 4.44. The van der Waals surface area contributed by atoms with Gasteiger partial charge in [0.25, 0.3) is 5.91 Å². The van der Waals surface area contributed by atoms with Gasteiger partial charge in [-0.15, -0.1) is 22.7 Å². The second-order valence-corrected chi connectivity index (χ2v) is 11.0. The Morgan fingerprint density at radius 1 is 1.17 bits per heavy atom. The van der Waals surface area contributed by atoms with Gasteiger partial charge < -0.3 is 20.5 Å². The lowest BCUT2D eigenvalue weighted by atomic mass is 9.88. The normalized spacial score (nSPS) is 14.9. The third-order valence-corrected chi connectivity index (χ3v) is 8.69. The van der Waals surface area contributed by atoms with Crippen LogP contribution >= 0.6 is 22.7 Å². The fraction of sp³-hybridized carbons (Fsp3) is 0.296. The molecule has 1 unspecified atom stereocenters. The van der Waals surface area contributed by atoms with Crippen LogP contribution in [0.15, 0.2) is 36.4 Å². The zero-order chi connectivity index (χ0) is 25.4. The summed E-state index contributed by atoms with van der Waals surface area (Å²) >= 11 is 2.71. The van der Waals surface area contributed by atoms with Crippen LogP contribution < -0.4 is 15.8 Å². The molecule has 7 nitrogen and oxygen atoms in total. The molecule has 0 bridgehead atoms. The van der Waals surface area contributed by atoms with E-state index in [-0.39, 0.29) is 12.5 Å². The van der Waals surface area contributed by atoms with Crippen molar-refractivity contribution in [2.24, 2.45) is 5.92 Å². The highest BCUT2D eigenvalue weighted by Gasteiger charge is 2.30. The maximum absolute atomic E-state index is 13.4. The van der Waals surface area contributed by atoms with E-state index in [1.54, 1.807) is 14.0 Å². The highest BCUT2D eigenvalue weighted by atomic mass is 32.1. The summed E-state index contributed by atoms with van der Waals surface area (Å²) in [6.07, 6.45) is 2.71. The second kappa shape index (κ2) is 9.91. The predicted octanol–water partition coefficient (Wildman–Crippen LogP) is 6.17. The SMILES string of the molecule is CCOC(=O)c1c(NC(=O)c2sc3nc(-c4ccc(OC)cc4)ccc3c2N)sc2c1CCC(C)C2. The Kier molecular flexibility index (Phi) is 6.68. The number of esters is 1. The minimum Gasteiger partial charge on any atom is -0.497 e. The van der Waals surface area contributed by atoms with Gasteiger partial charge in [0, 0.05) is 15.8 Å². The van der Waals surface area contributed by atoms with Crippen LogP contribution in [0.5, 0.6) is 5.75 Å². The Labute approximate surface area is 217 Å². The Morgan fingerprint density at radius 2 is 1.94 bits per heavy atom. The van der Waals surface area contributed by atoms with Crippen LogP contribution in [0.2, 0.25) is 0 Å². The number of pyridine rings is 1. The van der Waals surface area contributed by atoms with E-state index in [1.807, 2.05) is 36.4 Å². The summed E-state index contributed by atoms with van der Waals surface area (Å²) in [5.74, 6) is 0.568. The van der Waals surface area contributed by atoms with Crippen molar-refractivity contribution >= 4 is 55.5 Å². The van der Waals surface area contributed by atoms with Crippen molar-refractivity contribution in [3.63, 3.8) is 0 Å². The Balaban J connectivity index is 1.47. The predicted molar refractivity (Wildman–Crippen MR) is 145 cm³/mol. The fourth-order valence-electron chi connectivity index (χ4n) is 4.51. The lowest BCUT2D eigenvalue weighted by Gasteiger charge is -2.18. The molecule has 0 radical (unpaired) electrons. The van der Waals surface area contributed by atoms with E-state index in [0.29, 0.717) is 31.9 Å². The van der Waals surface area contributed by atoms with Crippen molar-refractivity contribution in [2.75, 3.05) is 24.8 Å². The largest absolute Gasteiger partial charge is 0.497 e. The lowest BCUT2D eigenvalue weighted by Crippen LogP contribution is -2.16. The number of anilines is 2. The molecule has 1 atom stereocenters. The molecule has 1 aliphatic rings. The molecule has 4 aromatic rings. The molecule has 0 saturated carbocycles. The number of rotatable bonds is 6. The van der Waals surface area contributed by atoms with E-state index in [9.17, 15) is 9.59 Å². The number of methoxy groups -OCH3 is 1. The van der Waals surface area contributed by atoms with Crippen molar-refractivity contribution in [1.82, 2.24) is 4.98 Å². The average Bonchev–Trinajstić information content (AvgIpc) is 3.40. The van der Waals surface area contributed by atoms with Gasteiger partial charge in [0.05, 0.1) is 30.7 Å². The first-order chi connectivity index (χ1) is 17.4. The number of carbonyl (C=O) groups is 2. The highest BCUT2D eigenvalue weighted by Crippen LogP contribution is 2.41. The molecule has 5 rings (SSSR count). The number of carbonyl (C=O) groups excluding carboxylic acids is 2. The topological polar surface area (TPSA) is 104 Å². The van der Waals surface area contributed by atoms with Gasteiger partial charge in [-0.2, -0.15) is 0 Å². The lowest BCUT2D eigenvalue weighted by molar-refractivity contribution is 0.0526. The Hall–Kier alpha value is -3.43. The van der Waals surface area contributed by atoms with E-state index in [1.165, 1.54) is 22.7 Å². The monoisotopic (exact) mass is 521 g/mol. The number of fused-ring (bicyclic) bond motifs is 2. The molecule has 36 heavy (non-hydrogen) atoms. The Bertz CT molecular complexity index is 1460. The number of nitrogens with one attached hydrogen (secondary N) is 1. The summed E-state index contributed by atoms with van der Waals surface area (Å²) in [6.45, 7) is 4.26. The van der Waals surface area contributed by atoms with Crippen LogP contribution in [0, 0.1) is 5.92 Å². The van der Waals surface area contributed by atoms with Gasteiger partial charge in [0.2, 0.25) is 0 Å². The summed E-state index contributed by atoms with van der Waals surface area (Å²) in [7, 11) is 1.63. The zero-order valence-electron chi connectivity index (χ0n) is 20.3. The summed E-state index contributed by atoms with van der Waals surface area (Å²) < 4.78 is 10.6. The smallest absolute Gasteiger partial charge is 0.341 e. The van der Waals surface area contributed by atoms with Gasteiger partial charge in [-0.3, -0.25) is 4.79 Å². The first kappa shape index (κ1) is 24.3. The van der Waals surface area contributed by atoms with Gasteiger partial charge >= 0.3 is 5.97 Å². The van der Waals surface area contributed by atoms with Crippen LogP contribution in [-0.2, 0) is 17.6 Å². The van der Waals surface area contributed by atoms with Crippen molar-refractivity contribution < 1.29 is 19.1 Å². The van der Waals surface area contributed by atoms with E-state index >= 15 is 0 Å². The molecule has 3 N–H and O–H groups in total. The average molecular weight is 522 g/mol. The van der Waals surface area contributed by atoms with Crippen LogP contribution in [0.1, 0.15) is 50.7 Å². The molecule has 0 fully saturated rings. The maximum atomic E-state index is 13.4. The number of ether oxygens (including phenoxy) is 2. The molecule has 1 aliphatic carbocycles. The summed E-state index contributed by atoms with van der Waals surface area (Å²) in [5, 5.41) is 4.22. The summed E-state index contributed by atoms with van der Waals surface area (Å²) in [4.78, 5) is 33.1. The number of amides is 1. The maximum Gasteiger partial charge on any atom is 0.341 e. The third-order valence-electron chi connectivity index (χ3n) is 6.40. The summed E-state index contributed by atoms with van der Waals surface area (Å²) in [6, 6.07) is 11.4. The molecule has 0 spiro atoms. The van der Waals surface area contributed by atoms with E-state index < -0.39 is 5.97 Å². The van der Waals surface area contributed by atoms with Gasteiger partial charge in [0.15, 0.2) is 0 Å². The molecular formula is C27H27N3O4S2. The number of nitrogens with two attached hydrogens (primary N) is 1. The minimum atomic E-state index is -0.394. The van der Waals surface area contributed by atoms with E-state index in [0.717, 1.165) is 52.1 Å². The van der Waals surface area contributed by atoms with Crippen LogP contribution in [-0.4, -0.2) is 30.6 Å². The first-order valence-electron chi connectivity index (χ1n) is 11.9. The number of benzene rings is 1. The zero-order valence-corrected chi connectivity index (χ0v) is 22.0. The first-order valence-corrected chi connectivity index (χ1v) is 13.5. The van der Waals surface area contributed by atoms with Gasteiger partial charge in [0.1, 0.15) is 20.5 Å². The number of hydrogen-bond acceptors (Lipinski definition) is 8. The number of thiophene rings is 2. The van der Waals surface area contributed by atoms with Crippen molar-refractivity contribution in [1.29, 1.82) is 0 Å². The van der Waals surface area contributed by atoms with Gasteiger partial charge in [-0.05, 0) is 74.1 Å². The molecule has 9 heteroatoms. The fourth-order valence-corrected chi connectivity index (χ4v) is 6.89. The minimum absolute atomic E-state index is 0.276. The van der Waals surface area contributed by atoms with Crippen LogP contribution in [0.25, 0.3) is 21.5 Å². The molecular weight excluding hydrogens is 494 g/mol. The van der Waals surface area contributed by atoms with Crippen LogP contribution in [0.3, 0.4) is 0 Å². The molecule has 3 aromatic heterocycles. The number of nitrogens with zero attached hydrogens (tertiary/aromatic N) is 1. The van der Waals surface area contributed by atoms with Gasteiger partial charge in [-0.1, -0.05) is 6.92 Å². The summed E-state index contributed by atoms with van der Waals surface area (Å²) in [5.41, 5.74) is 9.97. The van der Waals surface area contributed by atoms with Crippen molar-refractivity contribution in [3.8, 4) is 17.0 Å². The number of nitrogen functional groups attached to an aromatic ring is 1. The molecule has 186 valence electrons. The van der Waals surface area contributed by atoms with Crippen molar-refractivity contribution in [3.05, 3.63) is 57.3 Å². The van der Waals surface area contributed by atoms with Gasteiger partial charge in [-0.25, -0.2) is 9.78 Å². The van der Waals surface area contributed by atoms with E-state index in [4.69, 9.17) is 20.2 Å². The molecule has 0 aliphatic heterocycles. The van der Waals surface area contributed by atoms with Crippen LogP contribution in [0.4, 0.5) is 10.7 Å². The highest BCUT2D eigenvalue weighted by molar-refractivity contribution is 7.21. The number of aromatic nitrogens is 1. The van der Waals surface area contributed by atoms with Crippen molar-refractivity contribution in [2.45, 2.75) is 33.1 Å². The molecule has 0 saturated heterocycles. The quantitative estimate of drug-likeness (QED) is 0.294. The Morgan fingerprint density at radius 3 is 2.67 bits per heavy atom. The molecule has 1 amide bonds. The molecule has 1 aromatic carbocycles. The second-order valence-electron chi connectivity index (χ2n) is 8.85. The standard InChI is InChI=1S/C27H27N3O4S2/c1-4-34-27(32)21-17-10-5-14(2)13-20(17)35-26(21)30-24(31)23-22(28)18-11-12-19(29-25(18)36-23)15-6-8-16(33-3)9-7-15/h6-9,11-12,14H,4-5,10,13,28H2,1-3H3,(H,30,31).